The summed E-state index contributed by atoms with van der Waals surface area (Å²) in [6.45, 7) is 7.55. The Hall–Kier alpha value is -3.99. The van der Waals surface area contributed by atoms with Crippen LogP contribution in [0.15, 0.2) is 42.9 Å². The summed E-state index contributed by atoms with van der Waals surface area (Å²) in [5.41, 5.74) is 3.63. The first-order valence-electron chi connectivity index (χ1n) is 18.1. The summed E-state index contributed by atoms with van der Waals surface area (Å²) in [6, 6.07) is 10.6. The third-order valence-corrected chi connectivity index (χ3v) is 11.9. The second-order valence-corrected chi connectivity index (χ2v) is 15.4. The van der Waals surface area contributed by atoms with Crippen LogP contribution >= 0.6 is 0 Å². The van der Waals surface area contributed by atoms with Crippen LogP contribution in [-0.2, 0) is 14.9 Å². The van der Waals surface area contributed by atoms with Crippen molar-refractivity contribution < 1.29 is 24.2 Å². The molecule has 4 aliphatic carbocycles. The molecule has 3 heterocycles. The van der Waals surface area contributed by atoms with Crippen molar-refractivity contribution in [3.8, 4) is 11.4 Å². The molecule has 8 rings (SSSR count). The summed E-state index contributed by atoms with van der Waals surface area (Å²) in [4.78, 5) is 39.8. The third-order valence-electron chi connectivity index (χ3n) is 11.9. The van der Waals surface area contributed by atoms with Crippen molar-refractivity contribution in [3.05, 3.63) is 59.8 Å². The highest BCUT2D eigenvalue weighted by Crippen LogP contribution is 2.58. The van der Waals surface area contributed by atoms with E-state index in [9.17, 15) is 14.7 Å². The number of aliphatic hydroxyl groups excluding tert-OH is 1. The topological polar surface area (TPSA) is 123 Å². The van der Waals surface area contributed by atoms with Crippen molar-refractivity contribution in [1.82, 2.24) is 24.6 Å². The number of hydrogen-bond acceptors (Lipinski definition) is 8. The van der Waals surface area contributed by atoms with E-state index in [1.165, 1.54) is 16.0 Å². The zero-order valence-electron chi connectivity index (χ0n) is 29.3. The van der Waals surface area contributed by atoms with Gasteiger partial charge in [0.25, 0.3) is 0 Å². The van der Waals surface area contributed by atoms with Gasteiger partial charge in [-0.15, -0.1) is 0 Å². The predicted octanol–water partition coefficient (Wildman–Crippen LogP) is 6.10. The van der Waals surface area contributed by atoms with E-state index in [0.29, 0.717) is 51.1 Å². The number of methoxy groups -OCH3 is 1. The van der Waals surface area contributed by atoms with Crippen LogP contribution in [0.2, 0.25) is 0 Å². The zero-order valence-corrected chi connectivity index (χ0v) is 29.3. The Labute approximate surface area is 289 Å². The van der Waals surface area contributed by atoms with E-state index in [2.05, 4.69) is 49.1 Å². The number of pyridine rings is 1. The molecule has 1 aromatic carbocycles. The van der Waals surface area contributed by atoms with E-state index in [-0.39, 0.29) is 40.8 Å². The van der Waals surface area contributed by atoms with E-state index < -0.39 is 6.10 Å². The summed E-state index contributed by atoms with van der Waals surface area (Å²) >= 11 is 0. The lowest BCUT2D eigenvalue weighted by Gasteiger charge is -2.55. The van der Waals surface area contributed by atoms with Crippen molar-refractivity contribution in [2.24, 2.45) is 11.3 Å². The molecular weight excluding hydrogens is 620 g/mol. The maximum absolute atomic E-state index is 14.6. The Bertz CT molecular complexity index is 1650. The van der Waals surface area contributed by atoms with E-state index >= 15 is 0 Å². The van der Waals surface area contributed by atoms with Crippen LogP contribution in [0.5, 0.6) is 5.75 Å². The van der Waals surface area contributed by atoms with E-state index in [1.54, 1.807) is 24.3 Å². The molecule has 2 aromatic heterocycles. The van der Waals surface area contributed by atoms with Crippen molar-refractivity contribution >= 4 is 17.8 Å². The number of carbonyl (C=O) groups is 2. The maximum atomic E-state index is 14.6. The fourth-order valence-corrected chi connectivity index (χ4v) is 8.58. The molecule has 5 aliphatic rings. The van der Waals surface area contributed by atoms with Gasteiger partial charge >= 0.3 is 6.09 Å². The zero-order chi connectivity index (χ0) is 34.3. The Balaban J connectivity index is 1.10. The average Bonchev–Trinajstić information content (AvgIpc) is 3.61. The number of rotatable bonds is 9. The van der Waals surface area contributed by atoms with Gasteiger partial charge in [-0.2, -0.15) is 5.10 Å². The normalized spacial score (nSPS) is 26.8. The summed E-state index contributed by atoms with van der Waals surface area (Å²) in [5, 5.41) is 14.2. The van der Waals surface area contributed by atoms with Crippen LogP contribution in [0.4, 0.5) is 10.6 Å². The average molecular weight is 671 g/mol. The quantitative estimate of drug-likeness (QED) is 0.290. The van der Waals surface area contributed by atoms with Crippen LogP contribution in [-0.4, -0.2) is 80.7 Å². The smallest absolute Gasteiger partial charge is 0.410 e. The van der Waals surface area contributed by atoms with Gasteiger partial charge in [-0.05, 0) is 105 Å². The van der Waals surface area contributed by atoms with Gasteiger partial charge in [-0.3, -0.25) is 9.69 Å². The van der Waals surface area contributed by atoms with Crippen LogP contribution in [0.1, 0.15) is 101 Å². The van der Waals surface area contributed by atoms with Crippen molar-refractivity contribution in [2.75, 3.05) is 31.6 Å². The van der Waals surface area contributed by atoms with Gasteiger partial charge in [-0.1, -0.05) is 26.0 Å². The molecule has 1 aliphatic heterocycles. The van der Waals surface area contributed by atoms with Gasteiger partial charge in [0.15, 0.2) is 5.82 Å². The molecule has 2 amide bonds. The molecule has 0 unspecified atom stereocenters. The van der Waals surface area contributed by atoms with Crippen LogP contribution in [0.25, 0.3) is 5.69 Å². The van der Waals surface area contributed by atoms with Crippen LogP contribution in [0, 0.1) is 18.3 Å². The number of nitrogens with zero attached hydrogens (tertiary/aromatic N) is 6. The Morgan fingerprint density at radius 3 is 2.33 bits per heavy atom. The van der Waals surface area contributed by atoms with Gasteiger partial charge < -0.3 is 19.5 Å². The molecule has 0 radical (unpaired) electrons. The van der Waals surface area contributed by atoms with Crippen molar-refractivity contribution in [2.45, 2.75) is 109 Å². The van der Waals surface area contributed by atoms with Crippen LogP contribution < -0.4 is 9.64 Å². The highest BCUT2D eigenvalue weighted by atomic mass is 16.6. The number of amides is 2. The van der Waals surface area contributed by atoms with Crippen molar-refractivity contribution in [3.63, 3.8) is 0 Å². The number of aryl methyl sites for hydroxylation is 1. The molecule has 2 bridgehead atoms. The predicted molar refractivity (Wildman–Crippen MR) is 185 cm³/mol. The second kappa shape index (κ2) is 13.4. The molecule has 0 atom stereocenters. The number of hydrogen-bond donors (Lipinski definition) is 1. The fraction of sp³-hybridized carbons (Fsp3) is 0.605. The van der Waals surface area contributed by atoms with Crippen LogP contribution in [0.3, 0.4) is 0 Å². The molecule has 5 fully saturated rings. The monoisotopic (exact) mass is 670 g/mol. The Morgan fingerprint density at radius 2 is 1.71 bits per heavy atom. The maximum Gasteiger partial charge on any atom is 0.410 e. The molecule has 1 saturated heterocycles. The largest absolute Gasteiger partial charge is 0.496 e. The lowest BCUT2D eigenvalue weighted by Crippen LogP contribution is -2.54. The minimum absolute atomic E-state index is 0.0309. The number of likely N-dealkylation sites (tertiary alicyclic amines) is 1. The number of ether oxygens (including phenoxy) is 2. The minimum Gasteiger partial charge on any atom is -0.496 e. The Morgan fingerprint density at radius 1 is 1.00 bits per heavy atom. The number of carbonyl (C=O) groups excluding carboxylic acids is 2. The van der Waals surface area contributed by atoms with E-state index in [0.717, 1.165) is 55.8 Å². The standard InChI is InChI=1S/C38H50N6O5/c1-25(2)34-40-24-44(41-34)29-11-18-39-33(20-29)43(35(46)27-5-8-31(9-6-27)49-36(47)42-21-30(45)22-42)23-37-12-15-38(16-13-37,17-14-37)28-7-10-32(48-4)26(3)19-28/h7,10-11,18-20,24-25,27,30-31,45H,5-6,8-9,12-17,21-23H2,1-4H3. The fourth-order valence-electron chi connectivity index (χ4n) is 8.58. The summed E-state index contributed by atoms with van der Waals surface area (Å²) in [6.07, 6.45) is 11.6. The first-order chi connectivity index (χ1) is 23.6. The highest BCUT2D eigenvalue weighted by molar-refractivity contribution is 5.94. The van der Waals surface area contributed by atoms with Gasteiger partial charge in [0, 0.05) is 30.6 Å². The molecule has 0 spiro atoms. The molecular formula is C38H50N6O5. The molecule has 1 N–H and O–H groups in total. The second-order valence-electron chi connectivity index (χ2n) is 15.4. The highest BCUT2D eigenvalue weighted by Gasteiger charge is 2.51. The van der Waals surface area contributed by atoms with Gasteiger partial charge in [0.2, 0.25) is 5.91 Å². The van der Waals surface area contributed by atoms with E-state index in [1.807, 2.05) is 17.0 Å². The van der Waals surface area contributed by atoms with Gasteiger partial charge in [0.05, 0.1) is 32.0 Å². The summed E-state index contributed by atoms with van der Waals surface area (Å²) in [7, 11) is 1.73. The number of β-amino-alcohol motifs (C(OH)–C–C–N with tert-alkyl or cyclic N) is 1. The number of fused-ring (bicyclic) bond motifs is 3. The minimum atomic E-state index is -0.461. The molecule has 11 heteroatoms. The van der Waals surface area contributed by atoms with E-state index in [4.69, 9.17) is 14.5 Å². The van der Waals surface area contributed by atoms with Crippen molar-refractivity contribution in [1.29, 1.82) is 0 Å². The molecule has 262 valence electrons. The first kappa shape index (κ1) is 33.5. The lowest BCUT2D eigenvalue weighted by molar-refractivity contribution is -0.124. The van der Waals surface area contributed by atoms with Gasteiger partial charge in [-0.25, -0.2) is 19.4 Å². The first-order valence-corrected chi connectivity index (χ1v) is 18.1. The van der Waals surface area contributed by atoms with Gasteiger partial charge in [0.1, 0.15) is 24.0 Å². The number of aromatic nitrogens is 4. The molecule has 4 saturated carbocycles. The number of anilines is 1. The Kier molecular flexibility index (Phi) is 9.15. The lowest BCUT2D eigenvalue weighted by atomic mass is 9.51. The number of benzene rings is 1. The number of aliphatic hydroxyl groups is 1. The molecule has 3 aromatic rings. The SMILES string of the molecule is COc1ccc(C23CCC(CN(C(=O)C4CCC(OC(=O)N5CC(O)C5)CC4)c4cc(-n5cnc(C(C)C)n5)ccn4)(CC2)CC3)cc1C. The molecule has 11 nitrogen and oxygen atoms in total. The summed E-state index contributed by atoms with van der Waals surface area (Å²) < 4.78 is 13.1. The summed E-state index contributed by atoms with van der Waals surface area (Å²) in [5.74, 6) is 2.49. The molecule has 49 heavy (non-hydrogen) atoms. The third kappa shape index (κ3) is 6.66.